The fourth-order valence-corrected chi connectivity index (χ4v) is 4.51. The molecule has 0 atom stereocenters. The molecule has 2 saturated heterocycles. The molecule has 0 aromatic heterocycles. The van der Waals surface area contributed by atoms with Crippen molar-refractivity contribution in [3.8, 4) is 0 Å². The van der Waals surface area contributed by atoms with E-state index in [9.17, 15) is 8.42 Å². The summed E-state index contributed by atoms with van der Waals surface area (Å²) in [6.07, 6.45) is 4.57. The van der Waals surface area contributed by atoms with E-state index in [4.69, 9.17) is 4.74 Å². The first-order chi connectivity index (χ1) is 9.66. The van der Waals surface area contributed by atoms with Gasteiger partial charge in [-0.2, -0.15) is 17.0 Å². The highest BCUT2D eigenvalue weighted by molar-refractivity contribution is 7.86. The third kappa shape index (κ3) is 3.51. The summed E-state index contributed by atoms with van der Waals surface area (Å²) in [5.41, 5.74) is 0. The van der Waals surface area contributed by atoms with E-state index >= 15 is 0 Å². The molecule has 116 valence electrons. The van der Waals surface area contributed by atoms with Gasteiger partial charge in [-0.3, -0.25) is 0 Å². The van der Waals surface area contributed by atoms with Crippen LogP contribution in [-0.2, 0) is 14.9 Å². The highest BCUT2D eigenvalue weighted by Gasteiger charge is 2.34. The molecule has 0 unspecified atom stereocenters. The normalized spacial score (nSPS) is 27.8. The van der Waals surface area contributed by atoms with Gasteiger partial charge in [0, 0.05) is 32.2 Å². The zero-order chi connectivity index (χ0) is 14.0. The fraction of sp³-hybridized carbons (Fsp3) is 1.00. The van der Waals surface area contributed by atoms with Gasteiger partial charge < -0.3 is 10.1 Å². The van der Waals surface area contributed by atoms with E-state index < -0.39 is 10.2 Å². The van der Waals surface area contributed by atoms with Gasteiger partial charge >= 0.3 is 0 Å². The van der Waals surface area contributed by atoms with Crippen LogP contribution in [0, 0.1) is 5.92 Å². The number of piperidine rings is 1. The standard InChI is InChI=1S/C13H25N3O3S/c17-20(18,16-7-9-19-10-8-16)15-5-3-12(4-6-15)11-14-13-1-2-13/h12-14H,1-11H2. The summed E-state index contributed by atoms with van der Waals surface area (Å²) in [6.45, 7) is 4.39. The van der Waals surface area contributed by atoms with Crippen LogP contribution in [0.3, 0.4) is 0 Å². The molecule has 1 saturated carbocycles. The largest absolute Gasteiger partial charge is 0.379 e. The average molecular weight is 303 g/mol. The van der Waals surface area contributed by atoms with Crippen LogP contribution in [0.25, 0.3) is 0 Å². The van der Waals surface area contributed by atoms with E-state index in [1.165, 1.54) is 12.8 Å². The van der Waals surface area contributed by atoms with Crippen molar-refractivity contribution >= 4 is 10.2 Å². The quantitative estimate of drug-likeness (QED) is 0.778. The average Bonchev–Trinajstić information content (AvgIpc) is 3.31. The Labute approximate surface area is 121 Å². The summed E-state index contributed by atoms with van der Waals surface area (Å²) in [4.78, 5) is 0. The summed E-state index contributed by atoms with van der Waals surface area (Å²) in [5.74, 6) is 0.631. The Morgan fingerprint density at radius 2 is 1.55 bits per heavy atom. The lowest BCUT2D eigenvalue weighted by atomic mass is 9.98. The third-order valence-electron chi connectivity index (χ3n) is 4.47. The molecule has 0 aromatic carbocycles. The molecular formula is C13H25N3O3S. The Morgan fingerprint density at radius 3 is 2.15 bits per heavy atom. The number of ether oxygens (including phenoxy) is 1. The van der Waals surface area contributed by atoms with Gasteiger partial charge in [0.2, 0.25) is 0 Å². The molecule has 1 N–H and O–H groups in total. The van der Waals surface area contributed by atoms with Crippen molar-refractivity contribution in [2.24, 2.45) is 5.92 Å². The topological polar surface area (TPSA) is 61.9 Å². The summed E-state index contributed by atoms with van der Waals surface area (Å²) < 4.78 is 33.5. The minimum absolute atomic E-state index is 0.492. The number of nitrogens with zero attached hydrogens (tertiary/aromatic N) is 2. The second kappa shape index (κ2) is 6.27. The van der Waals surface area contributed by atoms with Crippen molar-refractivity contribution < 1.29 is 13.2 Å². The zero-order valence-electron chi connectivity index (χ0n) is 12.0. The summed E-state index contributed by atoms with van der Waals surface area (Å²) in [7, 11) is -3.26. The molecule has 6 nitrogen and oxygen atoms in total. The highest BCUT2D eigenvalue weighted by Crippen LogP contribution is 2.24. The van der Waals surface area contributed by atoms with Crippen LogP contribution in [0.15, 0.2) is 0 Å². The molecule has 2 heterocycles. The van der Waals surface area contributed by atoms with Gasteiger partial charge in [-0.15, -0.1) is 0 Å². The van der Waals surface area contributed by atoms with Crippen molar-refractivity contribution in [1.29, 1.82) is 0 Å². The van der Waals surface area contributed by atoms with Crippen LogP contribution >= 0.6 is 0 Å². The fourth-order valence-electron chi connectivity index (χ4n) is 2.91. The lowest BCUT2D eigenvalue weighted by Gasteiger charge is -2.36. The van der Waals surface area contributed by atoms with Crippen LogP contribution < -0.4 is 5.32 Å². The lowest BCUT2D eigenvalue weighted by Crippen LogP contribution is -2.51. The number of hydrogen-bond acceptors (Lipinski definition) is 4. The SMILES string of the molecule is O=S(=O)(N1CCOCC1)N1CCC(CNC2CC2)CC1. The maximum absolute atomic E-state index is 12.5. The first-order valence-corrected chi connectivity index (χ1v) is 9.12. The van der Waals surface area contributed by atoms with Crippen LogP contribution in [0.4, 0.5) is 0 Å². The summed E-state index contributed by atoms with van der Waals surface area (Å²) >= 11 is 0. The molecule has 0 radical (unpaired) electrons. The molecule has 0 amide bonds. The Kier molecular flexibility index (Phi) is 4.62. The van der Waals surface area contributed by atoms with Crippen LogP contribution in [0.1, 0.15) is 25.7 Å². The van der Waals surface area contributed by atoms with E-state index in [2.05, 4.69) is 5.32 Å². The predicted octanol–water partition coefficient (Wildman–Crippen LogP) is 0.0274. The molecule has 0 bridgehead atoms. The van der Waals surface area contributed by atoms with Crippen molar-refractivity contribution in [2.75, 3.05) is 45.9 Å². The van der Waals surface area contributed by atoms with Crippen LogP contribution in [-0.4, -0.2) is 69.0 Å². The van der Waals surface area contributed by atoms with Gasteiger partial charge in [0.25, 0.3) is 10.2 Å². The van der Waals surface area contributed by atoms with Gasteiger partial charge in [-0.1, -0.05) is 0 Å². The summed E-state index contributed by atoms with van der Waals surface area (Å²) in [5, 5.41) is 3.55. The van der Waals surface area contributed by atoms with E-state index in [-0.39, 0.29) is 0 Å². The maximum atomic E-state index is 12.5. The Bertz CT molecular complexity index is 411. The second-order valence-corrected chi connectivity index (χ2v) is 7.97. The maximum Gasteiger partial charge on any atom is 0.282 e. The summed E-state index contributed by atoms with van der Waals surface area (Å²) in [6, 6.07) is 0.741. The Balaban J connectivity index is 1.48. The molecule has 3 fully saturated rings. The number of morpholine rings is 1. The van der Waals surface area contributed by atoms with Crippen LogP contribution in [0.5, 0.6) is 0 Å². The molecule has 0 spiro atoms. The van der Waals surface area contributed by atoms with E-state index in [1.807, 2.05) is 0 Å². The third-order valence-corrected chi connectivity index (χ3v) is 6.50. The van der Waals surface area contributed by atoms with Crippen molar-refractivity contribution in [3.05, 3.63) is 0 Å². The minimum Gasteiger partial charge on any atom is -0.379 e. The molecule has 20 heavy (non-hydrogen) atoms. The van der Waals surface area contributed by atoms with E-state index in [1.54, 1.807) is 8.61 Å². The molecule has 3 rings (SSSR count). The van der Waals surface area contributed by atoms with Crippen molar-refractivity contribution in [2.45, 2.75) is 31.7 Å². The molecule has 2 aliphatic heterocycles. The van der Waals surface area contributed by atoms with Crippen molar-refractivity contribution in [3.63, 3.8) is 0 Å². The minimum atomic E-state index is -3.26. The first-order valence-electron chi connectivity index (χ1n) is 7.72. The van der Waals surface area contributed by atoms with Gasteiger partial charge in [0.15, 0.2) is 0 Å². The van der Waals surface area contributed by atoms with E-state index in [0.29, 0.717) is 45.3 Å². The zero-order valence-corrected chi connectivity index (χ0v) is 12.8. The van der Waals surface area contributed by atoms with Gasteiger partial charge in [0.1, 0.15) is 0 Å². The molecule has 1 aliphatic carbocycles. The molecular weight excluding hydrogens is 278 g/mol. The van der Waals surface area contributed by atoms with Gasteiger partial charge in [-0.05, 0) is 38.1 Å². The Hall–Kier alpha value is -0.210. The Morgan fingerprint density at radius 1 is 0.950 bits per heavy atom. The smallest absolute Gasteiger partial charge is 0.282 e. The number of nitrogens with one attached hydrogen (secondary N) is 1. The lowest BCUT2D eigenvalue weighted by molar-refractivity contribution is 0.0693. The first kappa shape index (κ1) is 14.7. The van der Waals surface area contributed by atoms with Gasteiger partial charge in [0.05, 0.1) is 13.2 Å². The van der Waals surface area contributed by atoms with Crippen molar-refractivity contribution in [1.82, 2.24) is 13.9 Å². The predicted molar refractivity (Wildman–Crippen MR) is 76.6 cm³/mol. The number of rotatable bonds is 5. The number of hydrogen-bond donors (Lipinski definition) is 1. The van der Waals surface area contributed by atoms with Crippen LogP contribution in [0.2, 0.25) is 0 Å². The van der Waals surface area contributed by atoms with E-state index in [0.717, 1.165) is 25.4 Å². The molecule has 7 heteroatoms. The highest BCUT2D eigenvalue weighted by atomic mass is 32.2. The monoisotopic (exact) mass is 303 g/mol. The van der Waals surface area contributed by atoms with Gasteiger partial charge in [-0.25, -0.2) is 0 Å². The second-order valence-electron chi connectivity index (χ2n) is 6.04. The molecule has 3 aliphatic rings. The molecule has 0 aromatic rings.